The number of allylic oxidation sites excluding steroid dienone is 2. The van der Waals surface area contributed by atoms with Crippen LogP contribution in [0.15, 0.2) is 12.2 Å². The minimum Gasteiger partial charge on any atom is -0.466 e. The van der Waals surface area contributed by atoms with Crippen LogP contribution in [0.25, 0.3) is 0 Å². The van der Waals surface area contributed by atoms with Gasteiger partial charge in [-0.1, -0.05) is 270 Å². The summed E-state index contributed by atoms with van der Waals surface area (Å²) >= 11 is 0. The van der Waals surface area contributed by atoms with Crippen LogP contribution >= 0.6 is 0 Å². The van der Waals surface area contributed by atoms with E-state index in [1.165, 1.54) is 263 Å². The smallest absolute Gasteiger partial charge is 0.305 e. The molecule has 54 heavy (non-hydrogen) atoms. The maximum atomic E-state index is 12.1. The number of hydrogen-bond acceptors (Lipinski definition) is 2. The highest BCUT2D eigenvalue weighted by molar-refractivity contribution is 5.69. The molecule has 0 aromatic rings. The van der Waals surface area contributed by atoms with Crippen molar-refractivity contribution >= 4 is 5.97 Å². The van der Waals surface area contributed by atoms with E-state index in [0.29, 0.717) is 13.0 Å². The van der Waals surface area contributed by atoms with E-state index in [4.69, 9.17) is 4.74 Å². The minimum atomic E-state index is 0.0300. The number of esters is 1. The summed E-state index contributed by atoms with van der Waals surface area (Å²) in [5.41, 5.74) is 0. The predicted molar refractivity (Wildman–Crippen MR) is 244 cm³/mol. The second-order valence-corrected chi connectivity index (χ2v) is 18.0. The Kier molecular flexibility index (Phi) is 47.7. The summed E-state index contributed by atoms with van der Waals surface area (Å²) in [6, 6.07) is 0. The van der Waals surface area contributed by atoms with Crippen LogP contribution in [0.4, 0.5) is 0 Å². The van der Waals surface area contributed by atoms with Crippen molar-refractivity contribution < 1.29 is 9.53 Å². The van der Waals surface area contributed by atoms with Gasteiger partial charge in [0.15, 0.2) is 0 Å². The van der Waals surface area contributed by atoms with Crippen molar-refractivity contribution in [3.63, 3.8) is 0 Å². The van der Waals surface area contributed by atoms with E-state index in [0.717, 1.165) is 18.8 Å². The molecule has 0 N–H and O–H groups in total. The molecule has 0 aliphatic heterocycles. The average Bonchev–Trinajstić information content (AvgIpc) is 3.16. The lowest BCUT2D eigenvalue weighted by molar-refractivity contribution is -0.143. The molecule has 322 valence electrons. The molecule has 2 heteroatoms. The number of carbonyl (C=O) groups is 1. The summed E-state index contributed by atoms with van der Waals surface area (Å²) in [4.78, 5) is 12.1. The molecule has 0 aromatic heterocycles. The number of carbonyl (C=O) groups excluding carboxylic acids is 1. The first-order valence-corrected chi connectivity index (χ1v) is 25.5. The van der Waals surface area contributed by atoms with Crippen molar-refractivity contribution in [1.29, 1.82) is 0 Å². The van der Waals surface area contributed by atoms with Crippen LogP contribution in [-0.4, -0.2) is 12.6 Å². The van der Waals surface area contributed by atoms with Gasteiger partial charge in [0.1, 0.15) is 0 Å². The Morgan fingerprint density at radius 3 is 0.981 bits per heavy atom. The molecule has 0 bridgehead atoms. The van der Waals surface area contributed by atoms with Crippen LogP contribution in [0.5, 0.6) is 0 Å². The lowest BCUT2D eigenvalue weighted by Gasteiger charge is -2.06. The molecule has 0 atom stereocenters. The maximum absolute atomic E-state index is 12.1. The van der Waals surface area contributed by atoms with E-state index in [1.807, 2.05) is 0 Å². The van der Waals surface area contributed by atoms with Gasteiger partial charge in [0.2, 0.25) is 0 Å². The summed E-state index contributed by atoms with van der Waals surface area (Å²) < 4.78 is 5.50. The zero-order valence-electron chi connectivity index (χ0n) is 37.9. The molecule has 0 amide bonds. The molecule has 0 fully saturated rings. The van der Waals surface area contributed by atoms with Crippen molar-refractivity contribution in [3.8, 4) is 0 Å². The highest BCUT2D eigenvalue weighted by Gasteiger charge is 2.03. The number of rotatable bonds is 47. The summed E-state index contributed by atoms with van der Waals surface area (Å²) in [7, 11) is 0. The fourth-order valence-corrected chi connectivity index (χ4v) is 8.03. The lowest BCUT2D eigenvalue weighted by atomic mass is 10.0. The molecule has 0 radical (unpaired) electrons. The Labute approximate surface area is 342 Å². The van der Waals surface area contributed by atoms with Crippen molar-refractivity contribution in [1.82, 2.24) is 0 Å². The Morgan fingerprint density at radius 1 is 0.370 bits per heavy atom. The van der Waals surface area contributed by atoms with Gasteiger partial charge in [0.25, 0.3) is 0 Å². The van der Waals surface area contributed by atoms with Crippen LogP contribution in [0, 0.1) is 5.92 Å². The molecule has 0 spiro atoms. The third-order valence-electron chi connectivity index (χ3n) is 11.8. The van der Waals surface area contributed by atoms with Crippen molar-refractivity contribution in [2.45, 2.75) is 303 Å². The van der Waals surface area contributed by atoms with Crippen LogP contribution in [0.2, 0.25) is 0 Å². The average molecular weight is 759 g/mol. The highest BCUT2D eigenvalue weighted by Crippen LogP contribution is 2.17. The van der Waals surface area contributed by atoms with Gasteiger partial charge in [-0.15, -0.1) is 0 Å². The van der Waals surface area contributed by atoms with Crippen LogP contribution < -0.4 is 0 Å². The van der Waals surface area contributed by atoms with Crippen LogP contribution in [-0.2, 0) is 9.53 Å². The standard InChI is InChI=1S/C52H102O2/c1-4-5-6-7-8-9-10-11-12-13-14-18-22-25-28-31-34-37-40-43-46-49-52(53)54-50-47-44-41-38-35-32-29-26-23-20-17-15-16-19-21-24-27-30-33-36-39-42-45-48-51(2)3/h11-12,51H,4-10,13-50H2,1-3H3. The SMILES string of the molecule is CCCCCCCCC=CCCCCCCCCCCCCCC(=O)OCCCCCCCCCCCCCCCCCCCCCCCCCC(C)C. The van der Waals surface area contributed by atoms with Crippen LogP contribution in [0.1, 0.15) is 303 Å². The first kappa shape index (κ1) is 53.2. The van der Waals surface area contributed by atoms with Crippen LogP contribution in [0.3, 0.4) is 0 Å². The number of unbranched alkanes of at least 4 members (excludes halogenated alkanes) is 39. The highest BCUT2D eigenvalue weighted by atomic mass is 16.5. The topological polar surface area (TPSA) is 26.3 Å². The zero-order chi connectivity index (χ0) is 39.1. The molecule has 0 aliphatic carbocycles. The van der Waals surface area contributed by atoms with Gasteiger partial charge in [-0.2, -0.15) is 0 Å². The molecule has 2 nitrogen and oxygen atoms in total. The monoisotopic (exact) mass is 759 g/mol. The zero-order valence-corrected chi connectivity index (χ0v) is 37.9. The molecule has 0 rings (SSSR count). The Balaban J connectivity index is 3.17. The maximum Gasteiger partial charge on any atom is 0.305 e. The van der Waals surface area contributed by atoms with E-state index in [9.17, 15) is 4.79 Å². The van der Waals surface area contributed by atoms with Gasteiger partial charge in [0, 0.05) is 6.42 Å². The fourth-order valence-electron chi connectivity index (χ4n) is 8.03. The molecule has 0 heterocycles. The quantitative estimate of drug-likeness (QED) is 0.0351. The van der Waals surface area contributed by atoms with E-state index in [-0.39, 0.29) is 5.97 Å². The van der Waals surface area contributed by atoms with Gasteiger partial charge in [-0.3, -0.25) is 4.79 Å². The molecule has 0 aliphatic rings. The number of ether oxygens (including phenoxy) is 1. The molecular weight excluding hydrogens is 657 g/mol. The predicted octanol–water partition coefficient (Wildman–Crippen LogP) is 18.9. The van der Waals surface area contributed by atoms with Crippen molar-refractivity contribution in [2.24, 2.45) is 5.92 Å². The Bertz CT molecular complexity index is 711. The van der Waals surface area contributed by atoms with Gasteiger partial charge < -0.3 is 4.74 Å². The normalized spacial score (nSPS) is 11.8. The summed E-state index contributed by atoms with van der Waals surface area (Å²) in [5, 5.41) is 0. The van der Waals surface area contributed by atoms with Crippen molar-refractivity contribution in [3.05, 3.63) is 12.2 Å². The molecule has 0 aromatic carbocycles. The van der Waals surface area contributed by atoms with E-state index >= 15 is 0 Å². The lowest BCUT2D eigenvalue weighted by Crippen LogP contribution is -2.05. The van der Waals surface area contributed by atoms with Crippen molar-refractivity contribution in [2.75, 3.05) is 6.61 Å². The Hall–Kier alpha value is -0.790. The van der Waals surface area contributed by atoms with Gasteiger partial charge in [0.05, 0.1) is 6.61 Å². The van der Waals surface area contributed by atoms with Gasteiger partial charge in [-0.05, 0) is 44.4 Å². The molecule has 0 unspecified atom stereocenters. The summed E-state index contributed by atoms with van der Waals surface area (Å²) in [5.74, 6) is 0.915. The largest absolute Gasteiger partial charge is 0.466 e. The second-order valence-electron chi connectivity index (χ2n) is 18.0. The van der Waals surface area contributed by atoms with E-state index in [1.54, 1.807) is 0 Å². The first-order chi connectivity index (χ1) is 26.7. The molecular formula is C52H102O2. The summed E-state index contributed by atoms with van der Waals surface area (Å²) in [6.45, 7) is 7.61. The Morgan fingerprint density at radius 2 is 0.648 bits per heavy atom. The van der Waals surface area contributed by atoms with E-state index < -0.39 is 0 Å². The molecule has 0 saturated carbocycles. The summed E-state index contributed by atoms with van der Waals surface area (Å²) in [6.07, 6.45) is 64.9. The first-order valence-electron chi connectivity index (χ1n) is 25.5. The molecule has 0 saturated heterocycles. The number of hydrogen-bond donors (Lipinski definition) is 0. The third kappa shape index (κ3) is 49.2. The second kappa shape index (κ2) is 48.4. The van der Waals surface area contributed by atoms with Gasteiger partial charge in [-0.25, -0.2) is 0 Å². The minimum absolute atomic E-state index is 0.0300. The van der Waals surface area contributed by atoms with E-state index in [2.05, 4.69) is 32.9 Å². The third-order valence-corrected chi connectivity index (χ3v) is 11.8. The fraction of sp³-hybridized carbons (Fsp3) is 0.942. The van der Waals surface area contributed by atoms with Gasteiger partial charge >= 0.3 is 5.97 Å².